The Balaban J connectivity index is 2.29. The molecular formula is C14H19BrN2O. The van der Waals surface area contributed by atoms with E-state index < -0.39 is 0 Å². The summed E-state index contributed by atoms with van der Waals surface area (Å²) in [5.74, 6) is 0.578. The predicted octanol–water partition coefficient (Wildman–Crippen LogP) is 3.80. The summed E-state index contributed by atoms with van der Waals surface area (Å²) < 4.78 is 6.42. The van der Waals surface area contributed by atoms with E-state index in [-0.39, 0.29) is 0 Å². The van der Waals surface area contributed by atoms with E-state index >= 15 is 0 Å². The largest absolute Gasteiger partial charge is 0.384 e. The monoisotopic (exact) mass is 310 g/mol. The van der Waals surface area contributed by atoms with Crippen LogP contribution >= 0.6 is 15.9 Å². The molecule has 98 valence electrons. The lowest BCUT2D eigenvalue weighted by molar-refractivity contribution is 0.110. The fraction of sp³-hybridized carbons (Fsp3) is 0.500. The zero-order chi connectivity index (χ0) is 13.4. The van der Waals surface area contributed by atoms with Crippen molar-refractivity contribution in [2.45, 2.75) is 20.3 Å². The Hall–Kier alpha value is -1.05. The maximum atomic E-state index is 9.01. The van der Waals surface area contributed by atoms with E-state index in [1.165, 1.54) is 0 Å². The summed E-state index contributed by atoms with van der Waals surface area (Å²) in [5.41, 5.74) is 1.54. The van der Waals surface area contributed by atoms with Crippen molar-refractivity contribution in [1.29, 1.82) is 5.26 Å². The van der Waals surface area contributed by atoms with Gasteiger partial charge < -0.3 is 10.1 Å². The molecule has 18 heavy (non-hydrogen) atoms. The van der Waals surface area contributed by atoms with Gasteiger partial charge in [0.15, 0.2) is 0 Å². The molecule has 0 saturated heterocycles. The summed E-state index contributed by atoms with van der Waals surface area (Å²) in [6.45, 7) is 6.65. The average Bonchev–Trinajstić information content (AvgIpc) is 2.34. The van der Waals surface area contributed by atoms with E-state index in [9.17, 15) is 0 Å². The Morgan fingerprint density at radius 1 is 1.44 bits per heavy atom. The molecule has 0 atom stereocenters. The molecule has 0 heterocycles. The van der Waals surface area contributed by atoms with Gasteiger partial charge in [0.25, 0.3) is 0 Å². The first-order valence-corrected chi connectivity index (χ1v) is 6.94. The molecule has 1 N–H and O–H groups in total. The number of ether oxygens (including phenoxy) is 1. The highest BCUT2D eigenvalue weighted by atomic mass is 79.9. The molecule has 0 radical (unpaired) electrons. The quantitative estimate of drug-likeness (QED) is 0.779. The molecule has 0 aliphatic rings. The van der Waals surface area contributed by atoms with Crippen LogP contribution in [0, 0.1) is 17.2 Å². The number of anilines is 1. The van der Waals surface area contributed by atoms with Crippen LogP contribution in [0.3, 0.4) is 0 Å². The van der Waals surface area contributed by atoms with Gasteiger partial charge in [-0.1, -0.05) is 29.8 Å². The molecule has 0 bridgehead atoms. The Kier molecular flexibility index (Phi) is 6.77. The smallest absolute Gasteiger partial charge is 0.101 e. The van der Waals surface area contributed by atoms with Crippen molar-refractivity contribution in [3.05, 3.63) is 28.2 Å². The highest BCUT2D eigenvalue weighted by molar-refractivity contribution is 9.10. The normalized spacial score (nSPS) is 10.4. The number of nitriles is 1. The first-order valence-electron chi connectivity index (χ1n) is 6.14. The first kappa shape index (κ1) is 15.0. The fourth-order valence-corrected chi connectivity index (χ4v) is 1.84. The second kappa shape index (κ2) is 8.12. The minimum absolute atomic E-state index is 0.578. The number of nitrogens with zero attached hydrogens (tertiary/aromatic N) is 1. The van der Waals surface area contributed by atoms with Crippen LogP contribution in [-0.2, 0) is 4.74 Å². The molecule has 4 heteroatoms. The van der Waals surface area contributed by atoms with Gasteiger partial charge in [0.1, 0.15) is 6.07 Å². The summed E-state index contributed by atoms with van der Waals surface area (Å²) >= 11 is 3.35. The van der Waals surface area contributed by atoms with Gasteiger partial charge >= 0.3 is 0 Å². The van der Waals surface area contributed by atoms with Gasteiger partial charge in [-0.3, -0.25) is 0 Å². The molecule has 1 aromatic carbocycles. The Bertz CT molecular complexity index is 413. The Labute approximate surface area is 117 Å². The molecule has 0 aliphatic carbocycles. The molecule has 1 rings (SSSR count). The average molecular weight is 311 g/mol. The lowest BCUT2D eigenvalue weighted by atomic mass is 10.2. The fourth-order valence-electron chi connectivity index (χ4n) is 1.48. The molecule has 0 spiro atoms. The molecule has 0 saturated carbocycles. The summed E-state index contributed by atoms with van der Waals surface area (Å²) in [6.07, 6.45) is 0.938. The van der Waals surface area contributed by atoms with E-state index in [0.717, 1.165) is 36.3 Å². The van der Waals surface area contributed by atoms with Crippen molar-refractivity contribution >= 4 is 21.6 Å². The Morgan fingerprint density at radius 2 is 2.22 bits per heavy atom. The molecular weight excluding hydrogens is 292 g/mol. The third kappa shape index (κ3) is 5.52. The van der Waals surface area contributed by atoms with E-state index in [2.05, 4.69) is 41.2 Å². The van der Waals surface area contributed by atoms with Crippen LogP contribution in [0.5, 0.6) is 0 Å². The highest BCUT2D eigenvalue weighted by Gasteiger charge is 2.01. The highest BCUT2D eigenvalue weighted by Crippen LogP contribution is 2.20. The lowest BCUT2D eigenvalue weighted by Gasteiger charge is -2.09. The Morgan fingerprint density at radius 3 is 2.89 bits per heavy atom. The van der Waals surface area contributed by atoms with Crippen molar-refractivity contribution in [3.63, 3.8) is 0 Å². The number of hydrogen-bond donors (Lipinski definition) is 1. The zero-order valence-electron chi connectivity index (χ0n) is 10.9. The van der Waals surface area contributed by atoms with Crippen LogP contribution in [0.2, 0.25) is 0 Å². The number of hydrogen-bond acceptors (Lipinski definition) is 3. The number of rotatable bonds is 7. The molecule has 0 aliphatic heterocycles. The third-order valence-electron chi connectivity index (χ3n) is 2.33. The van der Waals surface area contributed by atoms with Gasteiger partial charge in [0, 0.05) is 24.2 Å². The topological polar surface area (TPSA) is 45.0 Å². The first-order chi connectivity index (χ1) is 8.63. The van der Waals surface area contributed by atoms with Gasteiger partial charge in [-0.2, -0.15) is 5.26 Å². The van der Waals surface area contributed by atoms with Crippen LogP contribution in [0.25, 0.3) is 0 Å². The standard InChI is InChI=1S/C14H19BrN2O/c1-11(2)10-18-7-3-6-17-14-5-4-13(15)8-12(14)9-16/h4-5,8,11,17H,3,6-7,10H2,1-2H3. The minimum Gasteiger partial charge on any atom is -0.384 e. The molecule has 0 fully saturated rings. The molecule has 3 nitrogen and oxygen atoms in total. The lowest BCUT2D eigenvalue weighted by Crippen LogP contribution is -2.09. The summed E-state index contributed by atoms with van der Waals surface area (Å²) in [7, 11) is 0. The van der Waals surface area contributed by atoms with Crippen LogP contribution in [0.1, 0.15) is 25.8 Å². The number of halogens is 1. The minimum atomic E-state index is 0.578. The predicted molar refractivity (Wildman–Crippen MR) is 77.6 cm³/mol. The van der Waals surface area contributed by atoms with Crippen LogP contribution in [0.4, 0.5) is 5.69 Å². The van der Waals surface area contributed by atoms with E-state index in [1.54, 1.807) is 0 Å². The molecule has 0 aromatic heterocycles. The molecule has 0 unspecified atom stereocenters. The van der Waals surface area contributed by atoms with E-state index in [0.29, 0.717) is 11.5 Å². The van der Waals surface area contributed by atoms with Crippen molar-refractivity contribution in [2.75, 3.05) is 25.1 Å². The van der Waals surface area contributed by atoms with Gasteiger partial charge in [-0.25, -0.2) is 0 Å². The zero-order valence-corrected chi connectivity index (χ0v) is 12.5. The second-order valence-electron chi connectivity index (χ2n) is 4.55. The van der Waals surface area contributed by atoms with Gasteiger partial charge in [0.2, 0.25) is 0 Å². The van der Waals surface area contributed by atoms with Crippen molar-refractivity contribution in [2.24, 2.45) is 5.92 Å². The number of benzene rings is 1. The summed E-state index contributed by atoms with van der Waals surface area (Å²) in [4.78, 5) is 0. The third-order valence-corrected chi connectivity index (χ3v) is 2.83. The van der Waals surface area contributed by atoms with Crippen molar-refractivity contribution in [3.8, 4) is 6.07 Å². The van der Waals surface area contributed by atoms with Crippen LogP contribution in [0.15, 0.2) is 22.7 Å². The van der Waals surface area contributed by atoms with Gasteiger partial charge in [-0.05, 0) is 30.5 Å². The van der Waals surface area contributed by atoms with Gasteiger partial charge in [-0.15, -0.1) is 0 Å². The SMILES string of the molecule is CC(C)COCCCNc1ccc(Br)cc1C#N. The molecule has 0 amide bonds. The number of nitrogens with one attached hydrogen (secondary N) is 1. The second-order valence-corrected chi connectivity index (χ2v) is 5.47. The van der Waals surface area contributed by atoms with Crippen molar-refractivity contribution in [1.82, 2.24) is 0 Å². The summed E-state index contributed by atoms with van der Waals surface area (Å²) in [5, 5.41) is 12.3. The summed E-state index contributed by atoms with van der Waals surface area (Å²) in [6, 6.07) is 7.84. The van der Waals surface area contributed by atoms with E-state index in [4.69, 9.17) is 10.00 Å². The van der Waals surface area contributed by atoms with Gasteiger partial charge in [0.05, 0.1) is 11.3 Å². The van der Waals surface area contributed by atoms with E-state index in [1.807, 2.05) is 18.2 Å². The maximum absolute atomic E-state index is 9.01. The molecule has 1 aromatic rings. The van der Waals surface area contributed by atoms with Crippen LogP contribution < -0.4 is 5.32 Å². The van der Waals surface area contributed by atoms with Crippen molar-refractivity contribution < 1.29 is 4.74 Å². The maximum Gasteiger partial charge on any atom is 0.101 e. The van der Waals surface area contributed by atoms with Crippen LogP contribution in [-0.4, -0.2) is 19.8 Å².